The topological polar surface area (TPSA) is 68.3 Å². The molecule has 5 nitrogen and oxygen atoms in total. The Bertz CT molecular complexity index is 975. The normalized spacial score (nSPS) is 11.4. The highest BCUT2D eigenvalue weighted by Crippen LogP contribution is 2.25. The molecule has 0 aliphatic carbocycles. The number of aromatic nitrogens is 1. The van der Waals surface area contributed by atoms with Crippen LogP contribution in [-0.4, -0.2) is 13.4 Å². The van der Waals surface area contributed by atoms with Gasteiger partial charge in [-0.1, -0.05) is 23.7 Å². The number of hydrogen-bond acceptors (Lipinski definition) is 5. The Labute approximate surface area is 153 Å². The number of sulfonamides is 1. The van der Waals surface area contributed by atoms with Crippen molar-refractivity contribution < 1.29 is 17.5 Å². The molecule has 1 aromatic carbocycles. The van der Waals surface area contributed by atoms with Crippen LogP contribution in [0.15, 0.2) is 58.9 Å². The van der Waals surface area contributed by atoms with Crippen molar-refractivity contribution in [2.24, 2.45) is 0 Å². The number of nitrogens with one attached hydrogen (secondary N) is 1. The van der Waals surface area contributed by atoms with Gasteiger partial charge in [-0.05, 0) is 29.8 Å². The van der Waals surface area contributed by atoms with Gasteiger partial charge in [-0.25, -0.2) is 22.5 Å². The second-order valence-electron chi connectivity index (χ2n) is 4.95. The minimum Gasteiger partial charge on any atom is -0.439 e. The number of benzene rings is 1. The molecule has 0 spiro atoms. The zero-order valence-corrected chi connectivity index (χ0v) is 15.0. The number of nitrogens with zero attached hydrogens (tertiary/aromatic N) is 1. The van der Waals surface area contributed by atoms with Crippen LogP contribution in [0.25, 0.3) is 0 Å². The number of pyridine rings is 1. The summed E-state index contributed by atoms with van der Waals surface area (Å²) in [6.07, 6.45) is 1.48. The highest BCUT2D eigenvalue weighted by Gasteiger charge is 2.16. The maximum Gasteiger partial charge on any atom is 0.250 e. The molecule has 0 aliphatic heterocycles. The summed E-state index contributed by atoms with van der Waals surface area (Å²) in [6.45, 7) is 0.0745. The maximum absolute atomic E-state index is 13.1. The van der Waals surface area contributed by atoms with E-state index < -0.39 is 15.8 Å². The lowest BCUT2D eigenvalue weighted by Gasteiger charge is -2.07. The molecule has 1 N–H and O–H groups in total. The minimum absolute atomic E-state index is 0.0745. The Hall–Kier alpha value is -2.00. The average molecular weight is 399 g/mol. The molecule has 25 heavy (non-hydrogen) atoms. The molecule has 0 fully saturated rings. The molecule has 2 aromatic heterocycles. The first-order valence-electron chi connectivity index (χ1n) is 7.06. The number of halogens is 2. The Balaban J connectivity index is 1.63. The Morgan fingerprint density at radius 2 is 2.04 bits per heavy atom. The highest BCUT2D eigenvalue weighted by molar-refractivity contribution is 7.91. The third-order valence-corrected chi connectivity index (χ3v) is 6.22. The summed E-state index contributed by atoms with van der Waals surface area (Å²) in [5, 5.41) is 0. The summed E-state index contributed by atoms with van der Waals surface area (Å²) < 4.78 is 45.8. The lowest BCUT2D eigenvalue weighted by atomic mass is 10.3. The number of thiophene rings is 1. The van der Waals surface area contributed by atoms with Crippen molar-refractivity contribution in [3.63, 3.8) is 0 Å². The van der Waals surface area contributed by atoms with Crippen LogP contribution in [0.1, 0.15) is 5.56 Å². The smallest absolute Gasteiger partial charge is 0.250 e. The molecule has 0 saturated heterocycles. The SMILES string of the molecule is O=S(=O)(NCc1ccc(Oc2cccc(F)c2)nc1)c1ccc(Cl)s1. The lowest BCUT2D eigenvalue weighted by molar-refractivity contribution is 0.457. The van der Waals surface area contributed by atoms with Gasteiger partial charge in [-0.3, -0.25) is 0 Å². The van der Waals surface area contributed by atoms with E-state index in [-0.39, 0.29) is 16.6 Å². The third kappa shape index (κ3) is 4.76. The van der Waals surface area contributed by atoms with Gasteiger partial charge < -0.3 is 4.74 Å². The van der Waals surface area contributed by atoms with Crippen LogP contribution in [0.3, 0.4) is 0 Å². The molecule has 3 aromatic rings. The van der Waals surface area contributed by atoms with Crippen molar-refractivity contribution in [1.29, 1.82) is 0 Å². The van der Waals surface area contributed by atoms with Gasteiger partial charge in [0.2, 0.25) is 15.9 Å². The molecule has 3 rings (SSSR count). The van der Waals surface area contributed by atoms with Crippen LogP contribution in [0.4, 0.5) is 4.39 Å². The predicted octanol–water partition coefficient (Wildman–Crippen LogP) is 4.21. The highest BCUT2D eigenvalue weighted by atomic mass is 35.5. The summed E-state index contributed by atoms with van der Waals surface area (Å²) in [4.78, 5) is 4.08. The van der Waals surface area contributed by atoms with Crippen molar-refractivity contribution in [2.45, 2.75) is 10.8 Å². The quantitative estimate of drug-likeness (QED) is 0.675. The van der Waals surface area contributed by atoms with Crippen LogP contribution in [0.2, 0.25) is 4.34 Å². The van der Waals surface area contributed by atoms with E-state index in [4.69, 9.17) is 16.3 Å². The summed E-state index contributed by atoms with van der Waals surface area (Å²) >= 11 is 6.74. The van der Waals surface area contributed by atoms with E-state index in [1.165, 1.54) is 36.5 Å². The van der Waals surface area contributed by atoms with Gasteiger partial charge in [0, 0.05) is 24.9 Å². The van der Waals surface area contributed by atoms with E-state index in [2.05, 4.69) is 9.71 Å². The standard InChI is InChI=1S/C16H12ClFN2O3S2/c17-14-5-7-16(24-14)25(21,22)20-10-11-4-6-15(19-9-11)23-13-3-1-2-12(18)8-13/h1-9,20H,10H2. The van der Waals surface area contributed by atoms with Crippen molar-refractivity contribution in [1.82, 2.24) is 9.71 Å². The fraction of sp³-hybridized carbons (Fsp3) is 0.0625. The maximum atomic E-state index is 13.1. The van der Waals surface area contributed by atoms with E-state index in [1.807, 2.05) is 0 Å². The zero-order chi connectivity index (χ0) is 17.9. The molecule has 0 bridgehead atoms. The molecule has 0 unspecified atom stereocenters. The second-order valence-corrected chi connectivity index (χ2v) is 8.66. The lowest BCUT2D eigenvalue weighted by Crippen LogP contribution is -2.22. The number of rotatable bonds is 6. The number of ether oxygens (including phenoxy) is 1. The second kappa shape index (κ2) is 7.49. The molecule has 0 aliphatic rings. The van der Waals surface area contributed by atoms with Gasteiger partial charge in [-0.2, -0.15) is 0 Å². The molecule has 2 heterocycles. The van der Waals surface area contributed by atoms with E-state index in [0.717, 1.165) is 11.3 Å². The summed E-state index contributed by atoms with van der Waals surface area (Å²) in [5.41, 5.74) is 0.651. The molecule has 0 radical (unpaired) electrons. The Morgan fingerprint density at radius 1 is 1.20 bits per heavy atom. The van der Waals surface area contributed by atoms with Crippen molar-refractivity contribution in [2.75, 3.05) is 0 Å². The minimum atomic E-state index is -3.62. The molecule has 0 amide bonds. The van der Waals surface area contributed by atoms with E-state index >= 15 is 0 Å². The Morgan fingerprint density at radius 3 is 2.68 bits per heavy atom. The molecular weight excluding hydrogens is 387 g/mol. The molecule has 9 heteroatoms. The van der Waals surface area contributed by atoms with Gasteiger partial charge in [0.05, 0.1) is 4.34 Å². The third-order valence-electron chi connectivity index (χ3n) is 3.10. The van der Waals surface area contributed by atoms with Gasteiger partial charge in [0.1, 0.15) is 15.8 Å². The molecule has 130 valence electrons. The van der Waals surface area contributed by atoms with Gasteiger partial charge in [0.15, 0.2) is 0 Å². The van der Waals surface area contributed by atoms with E-state index in [0.29, 0.717) is 15.6 Å². The first-order valence-corrected chi connectivity index (χ1v) is 9.73. The summed E-state index contributed by atoms with van der Waals surface area (Å²) in [5.74, 6) is 0.204. The molecule has 0 saturated carbocycles. The largest absolute Gasteiger partial charge is 0.439 e. The fourth-order valence-corrected chi connectivity index (χ4v) is 4.46. The molecule has 0 atom stereocenters. The number of hydrogen-bond donors (Lipinski definition) is 1. The van der Waals surface area contributed by atoms with Crippen molar-refractivity contribution in [3.05, 3.63) is 70.4 Å². The van der Waals surface area contributed by atoms with Crippen molar-refractivity contribution in [3.8, 4) is 11.6 Å². The first kappa shape index (κ1) is 17.8. The summed E-state index contributed by atoms with van der Waals surface area (Å²) in [6, 6.07) is 11.9. The van der Waals surface area contributed by atoms with Crippen LogP contribution >= 0.6 is 22.9 Å². The van der Waals surface area contributed by atoms with Crippen LogP contribution in [0, 0.1) is 5.82 Å². The summed E-state index contributed by atoms with van der Waals surface area (Å²) in [7, 11) is -3.62. The Kier molecular flexibility index (Phi) is 5.33. The predicted molar refractivity (Wildman–Crippen MR) is 94.1 cm³/mol. The van der Waals surface area contributed by atoms with Gasteiger partial charge in [0.25, 0.3) is 0 Å². The van der Waals surface area contributed by atoms with Crippen LogP contribution < -0.4 is 9.46 Å². The zero-order valence-electron chi connectivity index (χ0n) is 12.6. The van der Waals surface area contributed by atoms with Crippen LogP contribution in [0.5, 0.6) is 11.6 Å². The van der Waals surface area contributed by atoms with Gasteiger partial charge in [-0.15, -0.1) is 11.3 Å². The monoisotopic (exact) mass is 398 g/mol. The first-order chi connectivity index (χ1) is 11.9. The molecular formula is C16H12ClFN2O3S2. The van der Waals surface area contributed by atoms with E-state index in [9.17, 15) is 12.8 Å². The van der Waals surface area contributed by atoms with Gasteiger partial charge >= 0.3 is 0 Å². The average Bonchev–Trinajstić information content (AvgIpc) is 3.02. The van der Waals surface area contributed by atoms with Crippen LogP contribution in [-0.2, 0) is 16.6 Å². The van der Waals surface area contributed by atoms with Crippen molar-refractivity contribution >= 4 is 33.0 Å². The van der Waals surface area contributed by atoms with E-state index in [1.54, 1.807) is 18.2 Å². The fourth-order valence-electron chi connectivity index (χ4n) is 1.92.